The Kier molecular flexibility index (Phi) is 6.41. The fraction of sp³-hybridized carbons (Fsp3) is 0.769. The molecule has 1 saturated heterocycles. The van der Waals surface area contributed by atoms with E-state index in [1.54, 1.807) is 0 Å². The molecule has 8 heteroatoms. The first-order valence-electron chi connectivity index (χ1n) is 7.03. The molecule has 0 aromatic heterocycles. The zero-order valence-electron chi connectivity index (χ0n) is 12.1. The molecule has 0 bridgehead atoms. The first-order chi connectivity index (χ1) is 9.88. The Morgan fingerprint density at radius 1 is 1.19 bits per heavy atom. The molecule has 0 saturated carbocycles. The summed E-state index contributed by atoms with van der Waals surface area (Å²) in [6.07, 6.45) is -1.57. The lowest BCUT2D eigenvalue weighted by Gasteiger charge is -2.34. The second-order valence-electron chi connectivity index (χ2n) is 5.32. The van der Waals surface area contributed by atoms with Crippen LogP contribution in [0.25, 0.3) is 0 Å². The van der Waals surface area contributed by atoms with Gasteiger partial charge in [-0.05, 0) is 31.6 Å². The van der Waals surface area contributed by atoms with Crippen molar-refractivity contribution in [2.75, 3.05) is 19.7 Å². The van der Waals surface area contributed by atoms with E-state index >= 15 is 0 Å². The second kappa shape index (κ2) is 7.82. The Morgan fingerprint density at radius 3 is 2.14 bits per heavy atom. The van der Waals surface area contributed by atoms with Gasteiger partial charge in [-0.15, -0.1) is 0 Å². The molecule has 1 atom stereocenters. The molecule has 1 fully saturated rings. The fourth-order valence-corrected chi connectivity index (χ4v) is 2.44. The molecule has 0 aromatic rings. The number of hydrogen-bond donors (Lipinski definition) is 3. The van der Waals surface area contributed by atoms with Gasteiger partial charge in [0.2, 0.25) is 5.91 Å². The molecule has 3 amide bonds. The van der Waals surface area contributed by atoms with Crippen LogP contribution in [0.5, 0.6) is 0 Å². The van der Waals surface area contributed by atoms with Gasteiger partial charge in [0.05, 0.1) is 0 Å². The average Bonchev–Trinajstić information content (AvgIpc) is 2.42. The highest BCUT2D eigenvalue weighted by molar-refractivity contribution is 5.94. The third-order valence-electron chi connectivity index (χ3n) is 3.74. The molecule has 1 aliphatic rings. The fourth-order valence-electron chi connectivity index (χ4n) is 2.44. The largest absolute Gasteiger partial charge is 0.464 e. The van der Waals surface area contributed by atoms with Gasteiger partial charge < -0.3 is 20.2 Å². The summed E-state index contributed by atoms with van der Waals surface area (Å²) >= 11 is 0. The van der Waals surface area contributed by atoms with Crippen molar-refractivity contribution in [2.24, 2.45) is 5.92 Å². The van der Waals surface area contributed by atoms with E-state index in [0.717, 1.165) is 12.8 Å². The highest BCUT2D eigenvalue weighted by Crippen LogP contribution is 2.19. The predicted molar refractivity (Wildman–Crippen MR) is 73.0 cm³/mol. The van der Waals surface area contributed by atoms with E-state index in [9.17, 15) is 14.4 Å². The summed E-state index contributed by atoms with van der Waals surface area (Å²) in [6, 6.07) is -1.29. The molecule has 1 heterocycles. The maximum Gasteiger partial charge on any atom is 0.417 e. The van der Waals surface area contributed by atoms with Crippen molar-refractivity contribution in [2.45, 2.75) is 38.6 Å². The molecule has 1 rings (SSSR count). The van der Waals surface area contributed by atoms with Crippen molar-refractivity contribution in [3.8, 4) is 0 Å². The van der Waals surface area contributed by atoms with Crippen LogP contribution in [-0.4, -0.2) is 69.0 Å². The number of amides is 3. The topological polar surface area (TPSA) is 118 Å². The lowest BCUT2D eigenvalue weighted by molar-refractivity contribution is -0.137. The van der Waals surface area contributed by atoms with Crippen molar-refractivity contribution >= 4 is 18.1 Å². The number of nitrogens with zero attached hydrogens (tertiary/aromatic N) is 2. The summed E-state index contributed by atoms with van der Waals surface area (Å²) in [7, 11) is 0. The molecule has 0 unspecified atom stereocenters. The molecule has 0 aliphatic carbocycles. The number of likely N-dealkylation sites (tertiary alicyclic amines) is 1. The van der Waals surface area contributed by atoms with Gasteiger partial charge in [0, 0.05) is 19.7 Å². The Bertz CT molecular complexity index is 378. The van der Waals surface area contributed by atoms with E-state index < -0.39 is 24.1 Å². The van der Waals surface area contributed by atoms with Gasteiger partial charge in [0.1, 0.15) is 6.04 Å². The highest BCUT2D eigenvalue weighted by atomic mass is 16.4. The van der Waals surface area contributed by atoms with Crippen LogP contribution < -0.4 is 0 Å². The number of aliphatic hydroxyl groups is 1. The van der Waals surface area contributed by atoms with Crippen molar-refractivity contribution in [3.05, 3.63) is 0 Å². The molecule has 3 N–H and O–H groups in total. The Balaban J connectivity index is 2.87. The zero-order valence-corrected chi connectivity index (χ0v) is 12.1. The summed E-state index contributed by atoms with van der Waals surface area (Å²) in [5, 5.41) is 26.9. The summed E-state index contributed by atoms with van der Waals surface area (Å²) in [5.41, 5.74) is 0. The SMILES string of the molecule is CC1CCN(C(=O)[C@H](CCCO)N(C(=O)O)C(=O)O)CC1. The van der Waals surface area contributed by atoms with Crippen molar-refractivity contribution in [3.63, 3.8) is 0 Å². The van der Waals surface area contributed by atoms with Crippen molar-refractivity contribution in [1.82, 2.24) is 9.80 Å². The van der Waals surface area contributed by atoms with Gasteiger partial charge >= 0.3 is 12.2 Å². The molecule has 0 radical (unpaired) electrons. The van der Waals surface area contributed by atoms with Crippen LogP contribution in [0.1, 0.15) is 32.6 Å². The van der Waals surface area contributed by atoms with Crippen molar-refractivity contribution < 1.29 is 29.7 Å². The number of piperidine rings is 1. The number of carbonyl (C=O) groups excluding carboxylic acids is 1. The van der Waals surface area contributed by atoms with Crippen LogP contribution in [0.4, 0.5) is 9.59 Å². The summed E-state index contributed by atoms with van der Waals surface area (Å²) in [6.45, 7) is 2.85. The van der Waals surface area contributed by atoms with E-state index in [1.165, 1.54) is 4.90 Å². The van der Waals surface area contributed by atoms with Gasteiger partial charge in [0.25, 0.3) is 0 Å². The molecule has 120 valence electrons. The number of carboxylic acid groups (broad SMARTS) is 2. The van der Waals surface area contributed by atoms with Crippen LogP contribution in [0, 0.1) is 5.92 Å². The first-order valence-corrected chi connectivity index (χ1v) is 7.03. The zero-order chi connectivity index (χ0) is 16.0. The quantitative estimate of drug-likeness (QED) is 0.698. The molecule has 21 heavy (non-hydrogen) atoms. The van der Waals surface area contributed by atoms with Gasteiger partial charge in [0.15, 0.2) is 0 Å². The lowest BCUT2D eigenvalue weighted by Crippen LogP contribution is -2.54. The Morgan fingerprint density at radius 2 is 1.71 bits per heavy atom. The minimum Gasteiger partial charge on any atom is -0.464 e. The van der Waals surface area contributed by atoms with Gasteiger partial charge in [-0.25, -0.2) is 9.59 Å². The first kappa shape index (κ1) is 17.2. The number of carbonyl (C=O) groups is 3. The summed E-state index contributed by atoms with van der Waals surface area (Å²) in [4.78, 5) is 36.3. The van der Waals surface area contributed by atoms with Crippen LogP contribution in [0.2, 0.25) is 0 Å². The van der Waals surface area contributed by atoms with E-state index in [2.05, 4.69) is 6.92 Å². The summed E-state index contributed by atoms with van der Waals surface area (Å²) < 4.78 is 0. The second-order valence-corrected chi connectivity index (χ2v) is 5.32. The maximum absolute atomic E-state index is 12.4. The summed E-state index contributed by atoms with van der Waals surface area (Å²) in [5.74, 6) is 0.000132. The predicted octanol–water partition coefficient (Wildman–Crippen LogP) is 1.04. The van der Waals surface area contributed by atoms with E-state index in [0.29, 0.717) is 19.0 Å². The molecule has 0 spiro atoms. The van der Waals surface area contributed by atoms with E-state index in [4.69, 9.17) is 15.3 Å². The Labute approximate surface area is 122 Å². The molecule has 1 aliphatic heterocycles. The normalized spacial score (nSPS) is 17.3. The maximum atomic E-state index is 12.4. The number of aliphatic hydroxyl groups excluding tert-OH is 1. The Hall–Kier alpha value is -1.83. The molecular formula is C13H22N2O6. The molecule has 0 aromatic carbocycles. The van der Waals surface area contributed by atoms with Gasteiger partial charge in [-0.1, -0.05) is 6.92 Å². The number of imide groups is 1. The molecule has 8 nitrogen and oxygen atoms in total. The van der Waals surface area contributed by atoms with Gasteiger partial charge in [-0.2, -0.15) is 4.90 Å². The van der Waals surface area contributed by atoms with Crippen LogP contribution in [0.15, 0.2) is 0 Å². The van der Waals surface area contributed by atoms with E-state index in [1.807, 2.05) is 0 Å². The highest BCUT2D eigenvalue weighted by Gasteiger charge is 2.37. The monoisotopic (exact) mass is 302 g/mol. The minimum absolute atomic E-state index is 0.0139. The smallest absolute Gasteiger partial charge is 0.417 e. The number of rotatable bonds is 5. The average molecular weight is 302 g/mol. The van der Waals surface area contributed by atoms with E-state index in [-0.39, 0.29) is 24.3 Å². The number of hydrogen-bond acceptors (Lipinski definition) is 4. The van der Waals surface area contributed by atoms with Crippen LogP contribution in [-0.2, 0) is 4.79 Å². The third-order valence-corrected chi connectivity index (χ3v) is 3.74. The lowest BCUT2D eigenvalue weighted by atomic mass is 9.98. The molecular weight excluding hydrogens is 280 g/mol. The van der Waals surface area contributed by atoms with Crippen LogP contribution in [0.3, 0.4) is 0 Å². The van der Waals surface area contributed by atoms with Crippen LogP contribution >= 0.6 is 0 Å². The van der Waals surface area contributed by atoms with Crippen molar-refractivity contribution in [1.29, 1.82) is 0 Å². The minimum atomic E-state index is -1.68. The third kappa shape index (κ3) is 4.59. The standard InChI is InChI=1S/C13H22N2O6/c1-9-4-6-14(7-5-9)11(17)10(3-2-8-16)15(12(18)19)13(20)21/h9-10,16H,2-8H2,1H3,(H,18,19)(H,20,21)/t10-/m0/s1. The van der Waals surface area contributed by atoms with Gasteiger partial charge in [-0.3, -0.25) is 4.79 Å².